The maximum absolute atomic E-state index is 11.1. The number of aliphatic hydroxyl groups excluding tert-OH is 1. The Hall–Kier alpha value is -0.130. The molecule has 0 heterocycles. The second kappa shape index (κ2) is 5.98. The third-order valence-corrected chi connectivity index (χ3v) is 4.44. The van der Waals surface area contributed by atoms with E-state index in [1.54, 1.807) is 0 Å². The quantitative estimate of drug-likeness (QED) is 0.716. The molecule has 1 aliphatic carbocycles. The van der Waals surface area contributed by atoms with Crippen LogP contribution in [0.3, 0.4) is 0 Å². The van der Waals surface area contributed by atoms with Gasteiger partial charge >= 0.3 is 0 Å². The van der Waals surface area contributed by atoms with Crippen LogP contribution in [0.1, 0.15) is 26.2 Å². The molecule has 0 aromatic heterocycles. The Morgan fingerprint density at radius 3 is 2.56 bits per heavy atom. The van der Waals surface area contributed by atoms with Crippen LogP contribution >= 0.6 is 0 Å². The SMILES string of the molecule is CC(CS(C)(=O)=O)NCC1CCCC1CO. The molecule has 1 rings (SSSR count). The van der Waals surface area contributed by atoms with E-state index in [1.807, 2.05) is 6.92 Å². The lowest BCUT2D eigenvalue weighted by atomic mass is 9.97. The predicted octanol–water partition coefficient (Wildman–Crippen LogP) is 0.418. The summed E-state index contributed by atoms with van der Waals surface area (Å²) in [4.78, 5) is 0. The third kappa shape index (κ3) is 4.80. The minimum Gasteiger partial charge on any atom is -0.396 e. The van der Waals surface area contributed by atoms with Gasteiger partial charge in [0.25, 0.3) is 0 Å². The second-order valence-corrected chi connectivity index (χ2v) is 7.22. The highest BCUT2D eigenvalue weighted by Gasteiger charge is 2.26. The number of hydrogen-bond acceptors (Lipinski definition) is 4. The number of nitrogens with one attached hydrogen (secondary N) is 1. The zero-order valence-electron chi connectivity index (χ0n) is 10.1. The van der Waals surface area contributed by atoms with E-state index in [2.05, 4.69) is 5.32 Å². The molecule has 3 unspecified atom stereocenters. The van der Waals surface area contributed by atoms with Crippen LogP contribution in [0.15, 0.2) is 0 Å². The maximum Gasteiger partial charge on any atom is 0.148 e. The number of aliphatic hydroxyl groups is 1. The molecule has 5 heteroatoms. The molecule has 0 spiro atoms. The summed E-state index contributed by atoms with van der Waals surface area (Å²) in [5.41, 5.74) is 0. The molecule has 0 radical (unpaired) electrons. The van der Waals surface area contributed by atoms with Crippen LogP contribution < -0.4 is 5.32 Å². The molecule has 0 bridgehead atoms. The van der Waals surface area contributed by atoms with Gasteiger partial charge in [-0.15, -0.1) is 0 Å². The first-order valence-corrected chi connectivity index (χ1v) is 8.00. The standard InChI is InChI=1S/C11H23NO3S/c1-9(8-16(2,14)15)12-6-10-4-3-5-11(10)7-13/h9-13H,3-8H2,1-2H3. The molecule has 3 atom stereocenters. The van der Waals surface area contributed by atoms with Gasteiger partial charge in [-0.05, 0) is 38.1 Å². The highest BCUT2D eigenvalue weighted by atomic mass is 32.2. The van der Waals surface area contributed by atoms with Gasteiger partial charge in [-0.1, -0.05) is 6.42 Å². The molecule has 0 aliphatic heterocycles. The Kier molecular flexibility index (Phi) is 5.21. The third-order valence-electron chi connectivity index (χ3n) is 3.33. The zero-order chi connectivity index (χ0) is 12.2. The molecule has 1 fully saturated rings. The molecule has 1 aliphatic rings. The molecule has 2 N–H and O–H groups in total. The second-order valence-electron chi connectivity index (χ2n) is 5.04. The predicted molar refractivity (Wildman–Crippen MR) is 65.1 cm³/mol. The number of rotatable bonds is 6. The molecule has 4 nitrogen and oxygen atoms in total. The van der Waals surface area contributed by atoms with Crippen molar-refractivity contribution in [3.8, 4) is 0 Å². The fourth-order valence-electron chi connectivity index (χ4n) is 2.49. The van der Waals surface area contributed by atoms with Crippen molar-refractivity contribution in [2.45, 2.75) is 32.2 Å². The molecular weight excluding hydrogens is 226 g/mol. The van der Waals surface area contributed by atoms with Gasteiger partial charge in [0.15, 0.2) is 0 Å². The first kappa shape index (κ1) is 13.9. The van der Waals surface area contributed by atoms with Crippen LogP contribution in [0.25, 0.3) is 0 Å². The minimum atomic E-state index is -2.90. The van der Waals surface area contributed by atoms with Gasteiger partial charge in [-0.25, -0.2) is 8.42 Å². The number of sulfone groups is 1. The van der Waals surface area contributed by atoms with Gasteiger partial charge in [0.1, 0.15) is 9.84 Å². The van der Waals surface area contributed by atoms with Crippen LogP contribution in [-0.4, -0.2) is 44.7 Å². The van der Waals surface area contributed by atoms with Crippen LogP contribution in [0, 0.1) is 11.8 Å². The molecule has 0 amide bonds. The summed E-state index contributed by atoms with van der Waals surface area (Å²) in [7, 11) is -2.90. The number of hydrogen-bond donors (Lipinski definition) is 2. The van der Waals surface area contributed by atoms with E-state index in [0.717, 1.165) is 19.4 Å². The molecule has 96 valence electrons. The van der Waals surface area contributed by atoms with E-state index < -0.39 is 9.84 Å². The molecule has 0 saturated heterocycles. The van der Waals surface area contributed by atoms with Gasteiger partial charge < -0.3 is 10.4 Å². The van der Waals surface area contributed by atoms with Crippen molar-refractivity contribution in [3.05, 3.63) is 0 Å². The smallest absolute Gasteiger partial charge is 0.148 e. The van der Waals surface area contributed by atoms with Gasteiger partial charge in [0.2, 0.25) is 0 Å². The van der Waals surface area contributed by atoms with Crippen LogP contribution in [0.5, 0.6) is 0 Å². The summed E-state index contributed by atoms with van der Waals surface area (Å²) < 4.78 is 22.2. The Morgan fingerprint density at radius 1 is 1.38 bits per heavy atom. The molecule has 1 saturated carbocycles. The average molecular weight is 249 g/mol. The molecule has 0 aromatic carbocycles. The normalized spacial score (nSPS) is 28.2. The highest BCUT2D eigenvalue weighted by molar-refractivity contribution is 7.90. The van der Waals surface area contributed by atoms with Crippen LogP contribution in [0.2, 0.25) is 0 Å². The van der Waals surface area contributed by atoms with Gasteiger partial charge in [-0.2, -0.15) is 0 Å². The van der Waals surface area contributed by atoms with E-state index in [9.17, 15) is 8.42 Å². The summed E-state index contributed by atoms with van der Waals surface area (Å²) >= 11 is 0. The van der Waals surface area contributed by atoms with Crippen molar-refractivity contribution in [1.29, 1.82) is 0 Å². The van der Waals surface area contributed by atoms with Crippen molar-refractivity contribution >= 4 is 9.84 Å². The van der Waals surface area contributed by atoms with Crippen LogP contribution in [-0.2, 0) is 9.84 Å². The summed E-state index contributed by atoms with van der Waals surface area (Å²) in [6, 6.07) is -0.00468. The van der Waals surface area contributed by atoms with E-state index in [4.69, 9.17) is 5.11 Å². The summed E-state index contributed by atoms with van der Waals surface area (Å²) in [5, 5.41) is 12.4. The molecular formula is C11H23NO3S. The monoisotopic (exact) mass is 249 g/mol. The van der Waals surface area contributed by atoms with Crippen molar-refractivity contribution < 1.29 is 13.5 Å². The maximum atomic E-state index is 11.1. The molecule has 16 heavy (non-hydrogen) atoms. The van der Waals surface area contributed by atoms with E-state index >= 15 is 0 Å². The van der Waals surface area contributed by atoms with Gasteiger partial charge in [0.05, 0.1) is 5.75 Å². The lowest BCUT2D eigenvalue weighted by Gasteiger charge is -2.20. The zero-order valence-corrected chi connectivity index (χ0v) is 11.0. The van der Waals surface area contributed by atoms with Crippen molar-refractivity contribution in [2.24, 2.45) is 11.8 Å². The largest absolute Gasteiger partial charge is 0.396 e. The average Bonchev–Trinajstić information content (AvgIpc) is 2.59. The fourth-order valence-corrected chi connectivity index (χ4v) is 3.51. The van der Waals surface area contributed by atoms with E-state index in [0.29, 0.717) is 11.8 Å². The highest BCUT2D eigenvalue weighted by Crippen LogP contribution is 2.30. The lowest BCUT2D eigenvalue weighted by Crippen LogP contribution is -2.37. The summed E-state index contributed by atoms with van der Waals surface area (Å²) in [6.45, 7) is 2.97. The van der Waals surface area contributed by atoms with E-state index in [-0.39, 0.29) is 18.4 Å². The Bertz CT molecular complexity index is 302. The minimum absolute atomic E-state index is 0.00468. The van der Waals surface area contributed by atoms with Gasteiger partial charge in [0, 0.05) is 18.9 Å². The van der Waals surface area contributed by atoms with E-state index in [1.165, 1.54) is 12.7 Å². The van der Waals surface area contributed by atoms with Crippen molar-refractivity contribution in [3.63, 3.8) is 0 Å². The lowest BCUT2D eigenvalue weighted by molar-refractivity contribution is 0.191. The summed E-state index contributed by atoms with van der Waals surface area (Å²) in [5.74, 6) is 1.09. The Balaban J connectivity index is 2.28. The first-order valence-electron chi connectivity index (χ1n) is 5.94. The Labute approximate surface area is 98.4 Å². The van der Waals surface area contributed by atoms with Crippen molar-refractivity contribution in [1.82, 2.24) is 5.32 Å². The Morgan fingerprint density at radius 2 is 2.00 bits per heavy atom. The fraction of sp³-hybridized carbons (Fsp3) is 1.00. The first-order chi connectivity index (χ1) is 7.42. The van der Waals surface area contributed by atoms with Crippen molar-refractivity contribution in [2.75, 3.05) is 25.2 Å². The molecule has 0 aromatic rings. The summed E-state index contributed by atoms with van der Waals surface area (Å²) in [6.07, 6.45) is 4.68. The van der Waals surface area contributed by atoms with Gasteiger partial charge in [-0.3, -0.25) is 0 Å². The van der Waals surface area contributed by atoms with Crippen LogP contribution in [0.4, 0.5) is 0 Å². The topological polar surface area (TPSA) is 66.4 Å².